The van der Waals surface area contributed by atoms with Gasteiger partial charge in [-0.2, -0.15) is 17.3 Å². The predicted octanol–water partition coefficient (Wildman–Crippen LogP) is 4.91. The van der Waals surface area contributed by atoms with Crippen LogP contribution in [-0.4, -0.2) is 66.6 Å². The van der Waals surface area contributed by atoms with Crippen LogP contribution in [0.15, 0.2) is 82.3 Å². The third-order valence-corrected chi connectivity index (χ3v) is 11.4. The zero-order chi connectivity index (χ0) is 36.9. The van der Waals surface area contributed by atoms with Crippen molar-refractivity contribution >= 4 is 55.3 Å². The van der Waals surface area contributed by atoms with E-state index in [9.17, 15) is 36.0 Å². The van der Waals surface area contributed by atoms with Gasteiger partial charge in [0.2, 0.25) is 5.69 Å². The molecule has 4 rings (SSSR count). The average molecular weight is 750 g/mol. The summed E-state index contributed by atoms with van der Waals surface area (Å²) in [6.07, 6.45) is 12.4. The first kappa shape index (κ1) is 39.4. The number of nitrogens with zero attached hydrogens (tertiary/aromatic N) is 2. The Balaban J connectivity index is 1.66. The van der Waals surface area contributed by atoms with Crippen LogP contribution in [0.25, 0.3) is 0 Å². The highest BCUT2D eigenvalue weighted by Crippen LogP contribution is 2.51. The first-order valence-corrected chi connectivity index (χ1v) is 19.7. The molecule has 272 valence electrons. The van der Waals surface area contributed by atoms with Crippen LogP contribution in [0.2, 0.25) is 0 Å². The fraction of sp³-hybridized carbons (Fsp3) is 0.412. The second-order valence-corrected chi connectivity index (χ2v) is 16.7. The topological polar surface area (TPSA) is 197 Å². The molecule has 0 fully saturated rings. The molecule has 2 aromatic rings. The molecule has 0 saturated heterocycles. The second-order valence-electron chi connectivity index (χ2n) is 13.0. The van der Waals surface area contributed by atoms with Gasteiger partial charge in [0.05, 0.1) is 28.1 Å². The van der Waals surface area contributed by atoms with E-state index in [4.69, 9.17) is 5.11 Å². The lowest BCUT2D eigenvalue weighted by Gasteiger charge is -2.29. The summed E-state index contributed by atoms with van der Waals surface area (Å²) in [4.78, 5) is 13.4. The van der Waals surface area contributed by atoms with Gasteiger partial charge in [0.15, 0.2) is 5.71 Å². The minimum absolute atomic E-state index is 0.104. The van der Waals surface area contributed by atoms with Crippen molar-refractivity contribution in [1.82, 2.24) is 0 Å². The van der Waals surface area contributed by atoms with Crippen molar-refractivity contribution in [3.05, 3.63) is 83.6 Å². The van der Waals surface area contributed by atoms with Crippen LogP contribution in [-0.2, 0) is 45.2 Å². The van der Waals surface area contributed by atoms with E-state index < -0.39 is 42.8 Å². The standard InChI is InChI=1S/C34H42N2O11S3/c1-33(2)26-23-25(50(43,44)45)16-18-29(26)36(20-11-21-49(40,41)42)30(33)12-7-5-8-13-31-34(3,19-10-6-9-14-32(37)38)27-22-24(48-47-46-39)15-17-28(27)35(31)4/h5,7-8,12-13,15-18,22-23H,6,9-11,14,19-21H2,1-4H3,(H3-,37,38,39,40,41,42,43,44,45)/p-1. The zero-order valence-corrected chi connectivity index (χ0v) is 30.6. The molecule has 1 atom stereocenters. The van der Waals surface area contributed by atoms with Crippen LogP contribution < -0.4 is 10.2 Å². The molecule has 50 heavy (non-hydrogen) atoms. The Morgan fingerprint density at radius 3 is 2.40 bits per heavy atom. The number of benzene rings is 2. The number of unbranched alkanes of at least 4 members (excludes halogenated alkanes) is 2. The summed E-state index contributed by atoms with van der Waals surface area (Å²) in [5.74, 6) is -1.28. The summed E-state index contributed by atoms with van der Waals surface area (Å²) in [5, 5.41) is 23.0. The number of anilines is 1. The quantitative estimate of drug-likeness (QED) is 0.0421. The van der Waals surface area contributed by atoms with Gasteiger partial charge < -0.3 is 19.8 Å². The molecular formula is C34H41N2O11S3-. The van der Waals surface area contributed by atoms with Crippen molar-refractivity contribution in [3.63, 3.8) is 0 Å². The Hall–Kier alpha value is -3.35. The van der Waals surface area contributed by atoms with Crippen molar-refractivity contribution in [3.8, 4) is 0 Å². The molecule has 16 heteroatoms. The monoisotopic (exact) mass is 749 g/mol. The smallest absolute Gasteiger partial charge is 0.303 e. The fourth-order valence-corrected chi connectivity index (χ4v) is 8.18. The summed E-state index contributed by atoms with van der Waals surface area (Å²) < 4.78 is 74.0. The highest BCUT2D eigenvalue weighted by Gasteiger charge is 2.45. The molecule has 2 N–H and O–H groups in total. The fourth-order valence-electron chi connectivity index (χ4n) is 6.80. The number of aliphatic carboxylic acids is 1. The molecule has 1 unspecified atom stereocenters. The molecule has 2 aromatic carbocycles. The number of hydrogen-bond donors (Lipinski definition) is 2. The molecule has 0 bridgehead atoms. The Morgan fingerprint density at radius 2 is 1.74 bits per heavy atom. The molecule has 0 amide bonds. The molecule has 2 aliphatic rings. The summed E-state index contributed by atoms with van der Waals surface area (Å²) in [5.41, 5.74) is 3.77. The van der Waals surface area contributed by atoms with Crippen LogP contribution >= 0.6 is 12.0 Å². The molecule has 0 saturated carbocycles. The van der Waals surface area contributed by atoms with E-state index in [1.165, 1.54) is 18.2 Å². The number of allylic oxidation sites excluding steroid dienone is 6. The highest BCUT2D eigenvalue weighted by atomic mass is 32.2. The number of carboxylic acids is 1. The molecule has 0 radical (unpaired) electrons. The maximum atomic E-state index is 11.8. The van der Waals surface area contributed by atoms with Crippen LogP contribution in [0.3, 0.4) is 0 Å². The van der Waals surface area contributed by atoms with Crippen LogP contribution in [0, 0.1) is 0 Å². The lowest BCUT2D eigenvalue weighted by Crippen LogP contribution is -2.28. The van der Waals surface area contributed by atoms with Gasteiger partial charge in [-0.05, 0) is 75.6 Å². The molecule has 13 nitrogen and oxygen atoms in total. The third-order valence-electron chi connectivity index (χ3n) is 9.24. The summed E-state index contributed by atoms with van der Waals surface area (Å²) in [7, 11) is -6.95. The molecule has 2 heterocycles. The van der Waals surface area contributed by atoms with E-state index in [1.807, 2.05) is 74.0 Å². The SMILES string of the molecule is CN1\C(=C/C=C/C=C/C2=[N+](CCCS(=O)(=O)O)c3ccc(S(=O)(=O)[O-])cc3C2(C)C)C(C)(CCCCCC(=O)O)c2cc(SOO[O-])ccc21. The van der Waals surface area contributed by atoms with Crippen molar-refractivity contribution in [2.45, 2.75) is 79.9 Å². The van der Waals surface area contributed by atoms with Gasteiger partial charge in [-0.3, -0.25) is 14.4 Å². The van der Waals surface area contributed by atoms with Gasteiger partial charge in [-0.1, -0.05) is 31.1 Å². The number of hydrogen-bond acceptors (Lipinski definition) is 11. The van der Waals surface area contributed by atoms with Gasteiger partial charge in [0.25, 0.3) is 10.1 Å². The Morgan fingerprint density at radius 1 is 1.00 bits per heavy atom. The van der Waals surface area contributed by atoms with E-state index in [-0.39, 0.29) is 24.3 Å². The minimum Gasteiger partial charge on any atom is -0.744 e. The van der Waals surface area contributed by atoms with Crippen molar-refractivity contribution in [2.75, 3.05) is 24.2 Å². The molecule has 0 spiro atoms. The first-order chi connectivity index (χ1) is 23.4. The normalized spacial score (nSPS) is 19.7. The van der Waals surface area contributed by atoms with Gasteiger partial charge >= 0.3 is 5.97 Å². The largest absolute Gasteiger partial charge is 0.744 e. The summed E-state index contributed by atoms with van der Waals surface area (Å²) in [6.45, 7) is 6.10. The van der Waals surface area contributed by atoms with E-state index in [1.54, 1.807) is 0 Å². The summed E-state index contributed by atoms with van der Waals surface area (Å²) in [6, 6.07) is 9.84. The Kier molecular flexibility index (Phi) is 12.5. The number of likely N-dealkylation sites (N-methyl/N-ethyl adjacent to an activating group) is 1. The van der Waals surface area contributed by atoms with Gasteiger partial charge in [0.1, 0.15) is 16.7 Å². The van der Waals surface area contributed by atoms with Crippen molar-refractivity contribution in [2.24, 2.45) is 0 Å². The third kappa shape index (κ3) is 9.11. The predicted molar refractivity (Wildman–Crippen MR) is 186 cm³/mol. The molecule has 0 aliphatic carbocycles. The number of carbonyl (C=O) groups is 1. The second kappa shape index (κ2) is 15.9. The minimum atomic E-state index is -4.71. The van der Waals surface area contributed by atoms with E-state index in [0.29, 0.717) is 22.6 Å². The van der Waals surface area contributed by atoms with Crippen LogP contribution in [0.1, 0.15) is 70.4 Å². The van der Waals surface area contributed by atoms with Crippen LogP contribution in [0.5, 0.6) is 0 Å². The van der Waals surface area contributed by atoms with E-state index >= 15 is 0 Å². The first-order valence-electron chi connectivity index (χ1n) is 15.9. The number of rotatable bonds is 17. The van der Waals surface area contributed by atoms with Crippen molar-refractivity contribution < 1.29 is 55.0 Å². The molecule has 2 aliphatic heterocycles. The highest BCUT2D eigenvalue weighted by molar-refractivity contribution is 7.94. The van der Waals surface area contributed by atoms with Crippen LogP contribution in [0.4, 0.5) is 11.4 Å². The number of carboxylic acid groups (broad SMARTS) is 1. The average Bonchev–Trinajstić information content (AvgIpc) is 3.36. The lowest BCUT2D eigenvalue weighted by atomic mass is 9.77. The van der Waals surface area contributed by atoms with Gasteiger partial charge in [-0.25, -0.2) is 8.42 Å². The zero-order valence-electron chi connectivity index (χ0n) is 28.2. The maximum absolute atomic E-state index is 11.8. The number of fused-ring (bicyclic) bond motifs is 2. The van der Waals surface area contributed by atoms with E-state index in [2.05, 4.69) is 21.2 Å². The Bertz CT molecular complexity index is 1950. The van der Waals surface area contributed by atoms with Gasteiger partial charge in [-0.15, -0.1) is 0 Å². The van der Waals surface area contributed by atoms with E-state index in [0.717, 1.165) is 54.0 Å². The summed E-state index contributed by atoms with van der Waals surface area (Å²) >= 11 is 0.810. The maximum Gasteiger partial charge on any atom is 0.303 e. The molecular weight excluding hydrogens is 709 g/mol. The Labute approximate surface area is 297 Å². The lowest BCUT2D eigenvalue weighted by molar-refractivity contribution is -0.777. The van der Waals surface area contributed by atoms with Crippen molar-refractivity contribution in [1.29, 1.82) is 0 Å². The molecule has 0 aromatic heterocycles. The van der Waals surface area contributed by atoms with Gasteiger partial charge in [0, 0.05) is 59.3 Å².